The van der Waals surface area contributed by atoms with Crippen LogP contribution in [0.2, 0.25) is 0 Å². The standard InChI is InChI=1S/C14H17NO3S/c1-10(16)12-8-7-11(19-12)6-5-9-15-13(17)18-14(2,3)4/h7-8H,9H2,1-4H3,(H,15,17). The van der Waals surface area contributed by atoms with E-state index in [0.717, 1.165) is 4.88 Å². The summed E-state index contributed by atoms with van der Waals surface area (Å²) >= 11 is 1.34. The molecular weight excluding hydrogens is 262 g/mol. The van der Waals surface area contributed by atoms with Crippen molar-refractivity contribution in [3.8, 4) is 11.8 Å². The third-order valence-electron chi connectivity index (χ3n) is 1.88. The molecule has 0 saturated carbocycles. The van der Waals surface area contributed by atoms with Gasteiger partial charge in [-0.2, -0.15) is 0 Å². The van der Waals surface area contributed by atoms with Gasteiger partial charge in [0.15, 0.2) is 5.78 Å². The molecule has 1 rings (SSSR count). The van der Waals surface area contributed by atoms with Crippen molar-refractivity contribution < 1.29 is 14.3 Å². The van der Waals surface area contributed by atoms with E-state index in [1.165, 1.54) is 18.3 Å². The van der Waals surface area contributed by atoms with Gasteiger partial charge < -0.3 is 10.1 Å². The maximum atomic E-state index is 11.3. The van der Waals surface area contributed by atoms with Crippen molar-refractivity contribution in [2.75, 3.05) is 6.54 Å². The van der Waals surface area contributed by atoms with Gasteiger partial charge in [0, 0.05) is 0 Å². The molecule has 0 bridgehead atoms. The first-order valence-corrected chi connectivity index (χ1v) is 6.66. The van der Waals surface area contributed by atoms with Gasteiger partial charge in [-0.3, -0.25) is 4.79 Å². The highest BCUT2D eigenvalue weighted by Gasteiger charge is 2.14. The molecule has 0 unspecified atom stereocenters. The van der Waals surface area contributed by atoms with Gasteiger partial charge in [0.25, 0.3) is 0 Å². The molecule has 0 radical (unpaired) electrons. The molecule has 1 aromatic rings. The van der Waals surface area contributed by atoms with Gasteiger partial charge in [-0.15, -0.1) is 11.3 Å². The van der Waals surface area contributed by atoms with Crippen LogP contribution in [-0.4, -0.2) is 24.0 Å². The fourth-order valence-corrected chi connectivity index (χ4v) is 1.93. The lowest BCUT2D eigenvalue weighted by Gasteiger charge is -2.18. The number of carbonyl (C=O) groups excluding carboxylic acids is 2. The number of thiophene rings is 1. The second kappa shape index (κ2) is 6.39. The summed E-state index contributed by atoms with van der Waals surface area (Å²) in [5.41, 5.74) is -0.512. The van der Waals surface area contributed by atoms with Crippen molar-refractivity contribution in [1.82, 2.24) is 5.32 Å². The van der Waals surface area contributed by atoms with Crippen molar-refractivity contribution in [3.05, 3.63) is 21.9 Å². The van der Waals surface area contributed by atoms with E-state index in [1.807, 2.05) is 0 Å². The van der Waals surface area contributed by atoms with E-state index in [1.54, 1.807) is 32.9 Å². The Morgan fingerprint density at radius 3 is 2.58 bits per heavy atom. The minimum absolute atomic E-state index is 0.0323. The molecule has 0 spiro atoms. The Kier molecular flexibility index (Phi) is 5.13. The summed E-state index contributed by atoms with van der Waals surface area (Å²) in [6, 6.07) is 3.54. The van der Waals surface area contributed by atoms with Crippen LogP contribution in [0.5, 0.6) is 0 Å². The SMILES string of the molecule is CC(=O)c1ccc(C#CCNC(=O)OC(C)(C)C)s1. The zero-order chi connectivity index (χ0) is 14.5. The molecule has 19 heavy (non-hydrogen) atoms. The smallest absolute Gasteiger partial charge is 0.408 e. The predicted octanol–water partition coefficient (Wildman–Crippen LogP) is 2.83. The van der Waals surface area contributed by atoms with E-state index in [4.69, 9.17) is 4.74 Å². The number of hydrogen-bond donors (Lipinski definition) is 1. The number of nitrogens with one attached hydrogen (secondary N) is 1. The Morgan fingerprint density at radius 1 is 1.37 bits per heavy atom. The minimum Gasteiger partial charge on any atom is -0.444 e. The monoisotopic (exact) mass is 279 g/mol. The van der Waals surface area contributed by atoms with E-state index in [0.29, 0.717) is 4.88 Å². The quantitative estimate of drug-likeness (QED) is 0.669. The highest BCUT2D eigenvalue weighted by Crippen LogP contribution is 2.15. The summed E-state index contributed by atoms with van der Waals surface area (Å²) < 4.78 is 5.07. The van der Waals surface area contributed by atoms with Crippen molar-refractivity contribution in [2.24, 2.45) is 0 Å². The summed E-state index contributed by atoms with van der Waals surface area (Å²) in [6.45, 7) is 7.13. The molecule has 1 heterocycles. The number of alkyl carbamates (subject to hydrolysis) is 1. The Hall–Kier alpha value is -1.80. The van der Waals surface area contributed by atoms with Crippen LogP contribution in [-0.2, 0) is 4.74 Å². The van der Waals surface area contributed by atoms with Gasteiger partial charge in [-0.05, 0) is 39.8 Å². The highest BCUT2D eigenvalue weighted by atomic mass is 32.1. The molecule has 5 heteroatoms. The van der Waals surface area contributed by atoms with E-state index in [2.05, 4.69) is 17.2 Å². The highest BCUT2D eigenvalue weighted by molar-refractivity contribution is 7.14. The summed E-state index contributed by atoms with van der Waals surface area (Å²) in [7, 11) is 0. The number of ether oxygens (including phenoxy) is 1. The lowest BCUT2D eigenvalue weighted by Crippen LogP contribution is -2.32. The van der Waals surface area contributed by atoms with E-state index in [-0.39, 0.29) is 12.3 Å². The van der Waals surface area contributed by atoms with Crippen LogP contribution >= 0.6 is 11.3 Å². The van der Waals surface area contributed by atoms with E-state index >= 15 is 0 Å². The van der Waals surface area contributed by atoms with Crippen LogP contribution in [0.4, 0.5) is 4.79 Å². The summed E-state index contributed by atoms with van der Waals surface area (Å²) in [5, 5.41) is 2.54. The number of carbonyl (C=O) groups is 2. The molecule has 0 saturated heterocycles. The first-order valence-electron chi connectivity index (χ1n) is 5.84. The molecule has 0 aliphatic heterocycles. The largest absolute Gasteiger partial charge is 0.444 e. The van der Waals surface area contributed by atoms with Crippen LogP contribution in [0.3, 0.4) is 0 Å². The van der Waals surface area contributed by atoms with Crippen molar-refractivity contribution in [3.63, 3.8) is 0 Å². The molecule has 0 atom stereocenters. The average Bonchev–Trinajstić information content (AvgIpc) is 2.70. The number of hydrogen-bond acceptors (Lipinski definition) is 4. The van der Waals surface area contributed by atoms with Gasteiger partial charge in [0.2, 0.25) is 0 Å². The molecule has 0 aromatic carbocycles. The number of ketones is 1. The Bertz CT molecular complexity index is 529. The first kappa shape index (κ1) is 15.3. The van der Waals surface area contributed by atoms with Crippen LogP contribution in [0, 0.1) is 11.8 Å². The van der Waals surface area contributed by atoms with Crippen LogP contribution in [0.25, 0.3) is 0 Å². The third kappa shape index (κ3) is 6.07. The van der Waals surface area contributed by atoms with Gasteiger partial charge in [0.1, 0.15) is 5.60 Å². The summed E-state index contributed by atoms with van der Waals surface area (Å²) in [4.78, 5) is 23.9. The summed E-state index contributed by atoms with van der Waals surface area (Å²) in [5.74, 6) is 5.72. The molecule has 0 aliphatic rings. The predicted molar refractivity (Wildman–Crippen MR) is 75.4 cm³/mol. The van der Waals surface area contributed by atoms with Gasteiger partial charge in [-0.1, -0.05) is 11.8 Å². The number of rotatable bonds is 2. The first-order chi connectivity index (χ1) is 8.78. The topological polar surface area (TPSA) is 55.4 Å². The molecule has 1 amide bonds. The van der Waals surface area contributed by atoms with Crippen molar-refractivity contribution in [1.29, 1.82) is 0 Å². The van der Waals surface area contributed by atoms with E-state index < -0.39 is 11.7 Å². The zero-order valence-electron chi connectivity index (χ0n) is 11.5. The normalized spacial score (nSPS) is 10.3. The van der Waals surface area contributed by atoms with Gasteiger partial charge in [0.05, 0.1) is 16.3 Å². The molecule has 0 aliphatic carbocycles. The second-order valence-corrected chi connectivity index (χ2v) is 5.96. The molecule has 1 aromatic heterocycles. The number of amides is 1. The molecule has 102 valence electrons. The molecular formula is C14H17NO3S. The maximum absolute atomic E-state index is 11.3. The maximum Gasteiger partial charge on any atom is 0.408 e. The average molecular weight is 279 g/mol. The lowest BCUT2D eigenvalue weighted by atomic mass is 10.2. The van der Waals surface area contributed by atoms with Crippen molar-refractivity contribution in [2.45, 2.75) is 33.3 Å². The second-order valence-electron chi connectivity index (χ2n) is 4.88. The van der Waals surface area contributed by atoms with E-state index in [9.17, 15) is 9.59 Å². The Balaban J connectivity index is 2.43. The lowest BCUT2D eigenvalue weighted by molar-refractivity contribution is 0.0535. The molecule has 1 N–H and O–H groups in total. The zero-order valence-corrected chi connectivity index (χ0v) is 12.3. The fourth-order valence-electron chi connectivity index (χ4n) is 1.16. The van der Waals surface area contributed by atoms with Crippen LogP contribution < -0.4 is 5.32 Å². The Morgan fingerprint density at radius 2 is 2.05 bits per heavy atom. The summed E-state index contributed by atoms with van der Waals surface area (Å²) in [6.07, 6.45) is -0.489. The van der Waals surface area contributed by atoms with Gasteiger partial charge >= 0.3 is 6.09 Å². The van der Waals surface area contributed by atoms with Crippen LogP contribution in [0.1, 0.15) is 42.2 Å². The van der Waals surface area contributed by atoms with Crippen molar-refractivity contribution >= 4 is 23.2 Å². The number of Topliss-reactive ketones (excluding diaryl/α,β-unsaturated/α-hetero) is 1. The third-order valence-corrected chi connectivity index (χ3v) is 2.99. The molecule has 4 nitrogen and oxygen atoms in total. The molecule has 0 fully saturated rings. The van der Waals surface area contributed by atoms with Gasteiger partial charge in [-0.25, -0.2) is 4.79 Å². The Labute approximate surface area is 117 Å². The fraction of sp³-hybridized carbons (Fsp3) is 0.429. The minimum atomic E-state index is -0.512. The van der Waals surface area contributed by atoms with Crippen LogP contribution in [0.15, 0.2) is 12.1 Å².